The number of rotatable bonds is 5. The molecule has 1 aliphatic heterocycles. The molecule has 1 unspecified atom stereocenters. The summed E-state index contributed by atoms with van der Waals surface area (Å²) in [6.07, 6.45) is 4.48. The summed E-state index contributed by atoms with van der Waals surface area (Å²) in [6.45, 7) is 7.21. The largest absolute Gasteiger partial charge is 0.356 e. The second-order valence-corrected chi connectivity index (χ2v) is 4.63. The third-order valence-electron chi connectivity index (χ3n) is 3.19. The van der Waals surface area contributed by atoms with Crippen molar-refractivity contribution in [3.63, 3.8) is 0 Å². The Kier molecular flexibility index (Phi) is 5.69. The minimum atomic E-state index is 0.178. The number of carbonyl (C=O) groups excluding carboxylic acids is 1. The van der Waals surface area contributed by atoms with Crippen LogP contribution < -0.4 is 10.6 Å². The van der Waals surface area contributed by atoms with Gasteiger partial charge in [-0.3, -0.25) is 4.79 Å². The van der Waals surface area contributed by atoms with Gasteiger partial charge in [0.15, 0.2) is 0 Å². The molecule has 0 spiro atoms. The average molecular weight is 212 g/mol. The molecule has 88 valence electrons. The zero-order chi connectivity index (χ0) is 11.1. The van der Waals surface area contributed by atoms with E-state index in [1.807, 2.05) is 6.92 Å². The van der Waals surface area contributed by atoms with Gasteiger partial charge in [0.05, 0.1) is 0 Å². The highest BCUT2D eigenvalue weighted by Gasteiger charge is 2.16. The number of amides is 1. The Morgan fingerprint density at radius 3 is 2.73 bits per heavy atom. The lowest BCUT2D eigenvalue weighted by atomic mass is 9.97. The molecule has 1 rings (SSSR count). The van der Waals surface area contributed by atoms with Crippen molar-refractivity contribution in [2.24, 2.45) is 11.8 Å². The molecule has 1 heterocycles. The number of carbonyl (C=O) groups is 1. The first kappa shape index (κ1) is 12.5. The van der Waals surface area contributed by atoms with Gasteiger partial charge in [-0.1, -0.05) is 20.3 Å². The number of nitrogens with one attached hydrogen (secondary N) is 2. The van der Waals surface area contributed by atoms with Crippen LogP contribution in [0, 0.1) is 11.8 Å². The maximum Gasteiger partial charge on any atom is 0.222 e. The molecule has 0 radical (unpaired) electrons. The predicted octanol–water partition coefficient (Wildman–Crippen LogP) is 1.54. The summed E-state index contributed by atoms with van der Waals surface area (Å²) in [7, 11) is 0. The molecule has 0 aliphatic carbocycles. The van der Waals surface area contributed by atoms with Gasteiger partial charge in [0.25, 0.3) is 0 Å². The minimum absolute atomic E-state index is 0.178. The topological polar surface area (TPSA) is 41.1 Å². The molecule has 1 aliphatic rings. The molecule has 0 bridgehead atoms. The molecular formula is C12H24N2O. The summed E-state index contributed by atoms with van der Waals surface area (Å²) in [6, 6.07) is 0. The fourth-order valence-corrected chi connectivity index (χ4v) is 2.07. The fraction of sp³-hybridized carbons (Fsp3) is 0.917. The summed E-state index contributed by atoms with van der Waals surface area (Å²) >= 11 is 0. The molecule has 3 heteroatoms. The van der Waals surface area contributed by atoms with E-state index in [1.165, 1.54) is 12.8 Å². The van der Waals surface area contributed by atoms with Crippen LogP contribution in [0.25, 0.3) is 0 Å². The third kappa shape index (κ3) is 4.65. The van der Waals surface area contributed by atoms with Crippen molar-refractivity contribution in [1.82, 2.24) is 10.6 Å². The molecule has 3 nitrogen and oxygen atoms in total. The van der Waals surface area contributed by atoms with Crippen molar-refractivity contribution in [3.8, 4) is 0 Å². The van der Waals surface area contributed by atoms with Gasteiger partial charge < -0.3 is 10.6 Å². The number of hydrogen-bond donors (Lipinski definition) is 2. The molecule has 0 saturated carbocycles. The lowest BCUT2D eigenvalue weighted by molar-refractivity contribution is -0.124. The standard InChI is InChI=1S/C12H24N2O/c1-3-4-10(2)12(15)14-9-11-5-7-13-8-6-11/h10-11,13H,3-9H2,1-2H3,(H,14,15). The van der Waals surface area contributed by atoms with E-state index in [2.05, 4.69) is 17.6 Å². The van der Waals surface area contributed by atoms with Crippen LogP contribution in [0.15, 0.2) is 0 Å². The Hall–Kier alpha value is -0.570. The van der Waals surface area contributed by atoms with Crippen molar-refractivity contribution >= 4 is 5.91 Å². The zero-order valence-electron chi connectivity index (χ0n) is 10.0. The summed E-state index contributed by atoms with van der Waals surface area (Å²) in [5.41, 5.74) is 0. The van der Waals surface area contributed by atoms with Crippen molar-refractivity contribution in [3.05, 3.63) is 0 Å². The van der Waals surface area contributed by atoms with E-state index in [0.29, 0.717) is 5.92 Å². The molecule has 1 saturated heterocycles. The van der Waals surface area contributed by atoms with Crippen LogP contribution in [0.4, 0.5) is 0 Å². The maximum absolute atomic E-state index is 11.6. The number of hydrogen-bond acceptors (Lipinski definition) is 2. The summed E-state index contributed by atoms with van der Waals surface area (Å²) < 4.78 is 0. The second-order valence-electron chi connectivity index (χ2n) is 4.63. The first-order valence-electron chi connectivity index (χ1n) is 6.22. The second kappa shape index (κ2) is 6.83. The first-order chi connectivity index (χ1) is 7.24. The van der Waals surface area contributed by atoms with E-state index in [-0.39, 0.29) is 11.8 Å². The quantitative estimate of drug-likeness (QED) is 0.726. The van der Waals surface area contributed by atoms with Crippen LogP contribution in [0.1, 0.15) is 39.5 Å². The Bertz CT molecular complexity index is 188. The van der Waals surface area contributed by atoms with Crippen LogP contribution >= 0.6 is 0 Å². The Morgan fingerprint density at radius 2 is 2.13 bits per heavy atom. The van der Waals surface area contributed by atoms with Crippen LogP contribution in [0.2, 0.25) is 0 Å². The van der Waals surface area contributed by atoms with Gasteiger partial charge in [-0.2, -0.15) is 0 Å². The number of piperidine rings is 1. The van der Waals surface area contributed by atoms with Gasteiger partial charge in [-0.05, 0) is 38.3 Å². The monoisotopic (exact) mass is 212 g/mol. The highest BCUT2D eigenvalue weighted by molar-refractivity contribution is 5.78. The van der Waals surface area contributed by atoms with E-state index < -0.39 is 0 Å². The van der Waals surface area contributed by atoms with Gasteiger partial charge in [0.1, 0.15) is 0 Å². The normalized spacial score (nSPS) is 19.9. The molecule has 1 fully saturated rings. The van der Waals surface area contributed by atoms with Gasteiger partial charge in [0.2, 0.25) is 5.91 Å². The van der Waals surface area contributed by atoms with Crippen LogP contribution in [-0.2, 0) is 4.79 Å². The average Bonchev–Trinajstić information content (AvgIpc) is 2.27. The summed E-state index contributed by atoms with van der Waals surface area (Å²) in [4.78, 5) is 11.6. The van der Waals surface area contributed by atoms with Gasteiger partial charge in [-0.15, -0.1) is 0 Å². The van der Waals surface area contributed by atoms with Crippen LogP contribution in [0.3, 0.4) is 0 Å². The summed E-state index contributed by atoms with van der Waals surface area (Å²) in [5, 5.41) is 6.40. The molecular weight excluding hydrogens is 188 g/mol. The van der Waals surface area contributed by atoms with E-state index in [4.69, 9.17) is 0 Å². The maximum atomic E-state index is 11.6. The lowest BCUT2D eigenvalue weighted by Gasteiger charge is -2.23. The lowest BCUT2D eigenvalue weighted by Crippen LogP contribution is -2.37. The molecule has 0 aromatic rings. The van der Waals surface area contributed by atoms with Gasteiger partial charge in [-0.25, -0.2) is 0 Å². The highest BCUT2D eigenvalue weighted by Crippen LogP contribution is 2.11. The van der Waals surface area contributed by atoms with Crippen molar-refractivity contribution < 1.29 is 4.79 Å². The molecule has 15 heavy (non-hydrogen) atoms. The Balaban J connectivity index is 2.14. The highest BCUT2D eigenvalue weighted by atomic mass is 16.1. The first-order valence-corrected chi connectivity index (χ1v) is 6.22. The van der Waals surface area contributed by atoms with E-state index in [1.54, 1.807) is 0 Å². The van der Waals surface area contributed by atoms with E-state index >= 15 is 0 Å². The SMILES string of the molecule is CCCC(C)C(=O)NCC1CCNCC1. The van der Waals surface area contributed by atoms with E-state index in [0.717, 1.165) is 32.5 Å². The molecule has 0 aromatic heterocycles. The minimum Gasteiger partial charge on any atom is -0.356 e. The molecule has 2 N–H and O–H groups in total. The molecule has 0 aromatic carbocycles. The van der Waals surface area contributed by atoms with Crippen molar-refractivity contribution in [1.29, 1.82) is 0 Å². The van der Waals surface area contributed by atoms with Crippen molar-refractivity contribution in [2.75, 3.05) is 19.6 Å². The van der Waals surface area contributed by atoms with E-state index in [9.17, 15) is 4.79 Å². The molecule has 1 amide bonds. The molecule has 1 atom stereocenters. The zero-order valence-corrected chi connectivity index (χ0v) is 10.0. The predicted molar refractivity (Wildman–Crippen MR) is 62.7 cm³/mol. The van der Waals surface area contributed by atoms with Gasteiger partial charge in [0, 0.05) is 12.5 Å². The van der Waals surface area contributed by atoms with Crippen LogP contribution in [-0.4, -0.2) is 25.5 Å². The van der Waals surface area contributed by atoms with Crippen LogP contribution in [0.5, 0.6) is 0 Å². The fourth-order valence-electron chi connectivity index (χ4n) is 2.07. The Morgan fingerprint density at radius 1 is 1.47 bits per heavy atom. The third-order valence-corrected chi connectivity index (χ3v) is 3.19. The summed E-state index contributed by atoms with van der Waals surface area (Å²) in [5.74, 6) is 1.09. The smallest absolute Gasteiger partial charge is 0.222 e. The Labute approximate surface area is 93.0 Å². The van der Waals surface area contributed by atoms with Crippen molar-refractivity contribution in [2.45, 2.75) is 39.5 Å². The van der Waals surface area contributed by atoms with Gasteiger partial charge >= 0.3 is 0 Å².